The zero-order valence-electron chi connectivity index (χ0n) is 14.7. The summed E-state index contributed by atoms with van der Waals surface area (Å²) in [7, 11) is 3.03. The Bertz CT molecular complexity index is 1120. The van der Waals surface area contributed by atoms with Crippen LogP contribution in [0.2, 0.25) is 0 Å². The van der Waals surface area contributed by atoms with Crippen molar-refractivity contribution in [3.05, 3.63) is 48.7 Å². The third-order valence-electron chi connectivity index (χ3n) is 3.99. The molecule has 0 amide bonds. The zero-order valence-corrected chi connectivity index (χ0v) is 14.7. The van der Waals surface area contributed by atoms with Crippen molar-refractivity contribution in [1.82, 2.24) is 24.9 Å². The lowest BCUT2D eigenvalue weighted by atomic mass is 10.1. The van der Waals surface area contributed by atoms with E-state index in [1.807, 2.05) is 42.5 Å². The maximum absolute atomic E-state index is 5.88. The molecule has 0 fully saturated rings. The summed E-state index contributed by atoms with van der Waals surface area (Å²) in [6, 6.07) is 13.6. The molecule has 0 saturated carbocycles. The van der Waals surface area contributed by atoms with Crippen molar-refractivity contribution < 1.29 is 9.47 Å². The second kappa shape index (κ2) is 6.83. The Labute approximate surface area is 155 Å². The van der Waals surface area contributed by atoms with E-state index in [0.29, 0.717) is 33.9 Å². The van der Waals surface area contributed by atoms with E-state index < -0.39 is 0 Å². The van der Waals surface area contributed by atoms with Gasteiger partial charge < -0.3 is 15.2 Å². The molecule has 3 heterocycles. The van der Waals surface area contributed by atoms with E-state index in [1.54, 1.807) is 6.20 Å². The Kier molecular flexibility index (Phi) is 4.21. The second-order valence-electron chi connectivity index (χ2n) is 5.64. The van der Waals surface area contributed by atoms with Crippen molar-refractivity contribution >= 4 is 17.0 Å². The summed E-state index contributed by atoms with van der Waals surface area (Å²) in [6.07, 6.45) is 1.61. The van der Waals surface area contributed by atoms with Crippen molar-refractivity contribution in [2.75, 3.05) is 20.0 Å². The van der Waals surface area contributed by atoms with E-state index in [-0.39, 0.29) is 12.0 Å². The van der Waals surface area contributed by atoms with E-state index in [1.165, 1.54) is 14.2 Å². The third kappa shape index (κ3) is 3.08. The summed E-state index contributed by atoms with van der Waals surface area (Å²) in [5.41, 5.74) is 10.00. The minimum absolute atomic E-state index is 0.196. The van der Waals surface area contributed by atoms with Gasteiger partial charge in [0.2, 0.25) is 11.8 Å². The Morgan fingerprint density at radius 1 is 0.852 bits per heavy atom. The van der Waals surface area contributed by atoms with Crippen LogP contribution < -0.4 is 15.2 Å². The molecular weight excluding hydrogens is 344 g/mol. The number of ether oxygens (including phenoxy) is 2. The summed E-state index contributed by atoms with van der Waals surface area (Å²) in [5, 5.41) is 0. The lowest BCUT2D eigenvalue weighted by molar-refractivity contribution is 0.353. The van der Waals surface area contributed by atoms with E-state index in [9.17, 15) is 0 Å². The van der Waals surface area contributed by atoms with Gasteiger partial charge in [0.25, 0.3) is 0 Å². The minimum Gasteiger partial charge on any atom is -0.480 e. The monoisotopic (exact) mass is 360 g/mol. The number of hydrogen-bond donors (Lipinski definition) is 1. The van der Waals surface area contributed by atoms with Crippen molar-refractivity contribution in [3.8, 4) is 34.4 Å². The van der Waals surface area contributed by atoms with Gasteiger partial charge in [-0.05, 0) is 12.1 Å². The highest BCUT2D eigenvalue weighted by Gasteiger charge is 2.15. The quantitative estimate of drug-likeness (QED) is 0.592. The number of pyridine rings is 1. The lowest BCUT2D eigenvalue weighted by Crippen LogP contribution is -2.01. The largest absolute Gasteiger partial charge is 0.480 e. The molecule has 8 nitrogen and oxygen atoms in total. The molecule has 134 valence electrons. The molecular formula is C19H16N6O2. The Hall–Kier alpha value is -3.81. The van der Waals surface area contributed by atoms with E-state index in [2.05, 4.69) is 19.9 Å². The van der Waals surface area contributed by atoms with Gasteiger partial charge in [-0.1, -0.05) is 30.3 Å². The molecule has 4 aromatic rings. The van der Waals surface area contributed by atoms with Gasteiger partial charge in [-0.15, -0.1) is 0 Å². The number of nitrogen functional groups attached to an aromatic ring is 1. The van der Waals surface area contributed by atoms with Gasteiger partial charge in [0.15, 0.2) is 0 Å². The molecule has 4 rings (SSSR count). The SMILES string of the molecule is COc1ncc(-c2ccc3nc(N)nc(-c4ccccc4)c3n2)c(OC)n1. The van der Waals surface area contributed by atoms with Gasteiger partial charge in [-0.3, -0.25) is 0 Å². The van der Waals surface area contributed by atoms with Crippen LogP contribution >= 0.6 is 0 Å². The highest BCUT2D eigenvalue weighted by Crippen LogP contribution is 2.31. The first-order valence-corrected chi connectivity index (χ1v) is 8.14. The van der Waals surface area contributed by atoms with Crippen LogP contribution in [0, 0.1) is 0 Å². The van der Waals surface area contributed by atoms with E-state index in [4.69, 9.17) is 20.2 Å². The number of fused-ring (bicyclic) bond motifs is 1. The number of nitrogens with two attached hydrogens (primary N) is 1. The molecule has 0 spiro atoms. The topological polar surface area (TPSA) is 109 Å². The third-order valence-corrected chi connectivity index (χ3v) is 3.99. The molecule has 3 aromatic heterocycles. The Balaban J connectivity index is 1.94. The van der Waals surface area contributed by atoms with Crippen LogP contribution in [0.3, 0.4) is 0 Å². The molecule has 0 unspecified atom stereocenters. The van der Waals surface area contributed by atoms with Crippen molar-refractivity contribution in [1.29, 1.82) is 0 Å². The standard InChI is InChI=1S/C19H16N6O2/c1-26-17-12(10-21-19(25-17)27-2)13-8-9-14-16(22-13)15(24-18(20)23-14)11-6-4-3-5-7-11/h3-10H,1-2H3,(H2,20,23,24). The number of anilines is 1. The smallest absolute Gasteiger partial charge is 0.319 e. The molecule has 0 aliphatic rings. The number of hydrogen-bond acceptors (Lipinski definition) is 8. The predicted molar refractivity (Wildman–Crippen MR) is 101 cm³/mol. The van der Waals surface area contributed by atoms with Crippen molar-refractivity contribution in [3.63, 3.8) is 0 Å². The van der Waals surface area contributed by atoms with Crippen LogP contribution in [0.1, 0.15) is 0 Å². The lowest BCUT2D eigenvalue weighted by Gasteiger charge is -2.10. The van der Waals surface area contributed by atoms with E-state index in [0.717, 1.165) is 5.56 Å². The fourth-order valence-corrected chi connectivity index (χ4v) is 2.76. The molecule has 0 aliphatic carbocycles. The normalized spacial score (nSPS) is 10.7. The second-order valence-corrected chi connectivity index (χ2v) is 5.64. The molecule has 2 N–H and O–H groups in total. The van der Waals surface area contributed by atoms with Crippen molar-refractivity contribution in [2.24, 2.45) is 0 Å². The molecule has 27 heavy (non-hydrogen) atoms. The summed E-state index contributed by atoms with van der Waals surface area (Å²) < 4.78 is 10.4. The maximum atomic E-state index is 5.88. The molecule has 0 radical (unpaired) electrons. The zero-order chi connectivity index (χ0) is 18.8. The predicted octanol–water partition coefficient (Wildman–Crippen LogP) is 2.75. The number of rotatable bonds is 4. The maximum Gasteiger partial charge on any atom is 0.319 e. The first-order valence-electron chi connectivity index (χ1n) is 8.14. The van der Waals surface area contributed by atoms with Crippen LogP contribution in [0.25, 0.3) is 33.5 Å². The van der Waals surface area contributed by atoms with Gasteiger partial charge in [0.05, 0.1) is 31.0 Å². The Morgan fingerprint density at radius 3 is 2.41 bits per heavy atom. The fourth-order valence-electron chi connectivity index (χ4n) is 2.76. The van der Waals surface area contributed by atoms with Gasteiger partial charge in [0, 0.05) is 11.8 Å². The number of aromatic nitrogens is 5. The summed E-state index contributed by atoms with van der Waals surface area (Å²) >= 11 is 0. The van der Waals surface area contributed by atoms with Gasteiger partial charge in [-0.25, -0.2) is 19.9 Å². The number of benzene rings is 1. The van der Waals surface area contributed by atoms with Gasteiger partial charge in [0.1, 0.15) is 11.2 Å². The molecule has 0 saturated heterocycles. The first-order chi connectivity index (χ1) is 13.2. The highest BCUT2D eigenvalue weighted by atomic mass is 16.5. The molecule has 0 bridgehead atoms. The summed E-state index contributed by atoms with van der Waals surface area (Å²) in [5.74, 6) is 0.563. The number of nitrogens with zero attached hydrogens (tertiary/aromatic N) is 5. The number of methoxy groups -OCH3 is 2. The Morgan fingerprint density at radius 2 is 1.67 bits per heavy atom. The fraction of sp³-hybridized carbons (Fsp3) is 0.105. The van der Waals surface area contributed by atoms with Crippen LogP contribution in [0.4, 0.5) is 5.95 Å². The molecule has 1 aromatic carbocycles. The average Bonchev–Trinajstić information content (AvgIpc) is 2.73. The first kappa shape index (κ1) is 16.6. The minimum atomic E-state index is 0.196. The van der Waals surface area contributed by atoms with Gasteiger partial charge in [-0.2, -0.15) is 4.98 Å². The van der Waals surface area contributed by atoms with Gasteiger partial charge >= 0.3 is 6.01 Å². The highest BCUT2D eigenvalue weighted by molar-refractivity contribution is 5.91. The summed E-state index contributed by atoms with van der Waals surface area (Å²) in [4.78, 5) is 21.8. The van der Waals surface area contributed by atoms with Crippen LogP contribution in [-0.4, -0.2) is 39.1 Å². The molecule has 0 aliphatic heterocycles. The van der Waals surface area contributed by atoms with E-state index >= 15 is 0 Å². The molecule has 8 heteroatoms. The van der Waals surface area contributed by atoms with Crippen LogP contribution in [0.15, 0.2) is 48.7 Å². The van der Waals surface area contributed by atoms with Crippen LogP contribution in [0.5, 0.6) is 11.9 Å². The van der Waals surface area contributed by atoms with Crippen molar-refractivity contribution in [2.45, 2.75) is 0 Å². The summed E-state index contributed by atoms with van der Waals surface area (Å²) in [6.45, 7) is 0. The van der Waals surface area contributed by atoms with Crippen LogP contribution in [-0.2, 0) is 0 Å². The molecule has 0 atom stereocenters. The average molecular weight is 360 g/mol.